The topological polar surface area (TPSA) is 55.1 Å². The first kappa shape index (κ1) is 15.1. The van der Waals surface area contributed by atoms with Crippen molar-refractivity contribution in [2.75, 3.05) is 5.32 Å². The van der Waals surface area contributed by atoms with Gasteiger partial charge in [-0.15, -0.1) is 0 Å². The second-order valence-corrected chi connectivity index (χ2v) is 6.18. The molecule has 0 saturated heterocycles. The molecule has 2 aromatic carbocycles. The van der Waals surface area contributed by atoms with Crippen molar-refractivity contribution in [1.82, 2.24) is 0 Å². The molecule has 0 aliphatic carbocycles. The van der Waals surface area contributed by atoms with Crippen LogP contribution in [0.1, 0.15) is 17.2 Å². The fraction of sp³-hybridized carbons (Fsp3) is 0.133. The van der Waals surface area contributed by atoms with Crippen LogP contribution in [0, 0.1) is 6.92 Å². The van der Waals surface area contributed by atoms with Crippen molar-refractivity contribution in [3.63, 3.8) is 0 Å². The van der Waals surface area contributed by atoms with Crippen LogP contribution in [-0.2, 0) is 4.79 Å². The van der Waals surface area contributed by atoms with E-state index in [1.165, 1.54) is 0 Å². The van der Waals surface area contributed by atoms with Crippen molar-refractivity contribution in [3.8, 4) is 0 Å². The number of rotatable bonds is 4. The van der Waals surface area contributed by atoms with Gasteiger partial charge in [0.2, 0.25) is 5.91 Å². The first-order valence-electron chi connectivity index (χ1n) is 6.05. The first-order valence-corrected chi connectivity index (χ1v) is 7.64. The zero-order chi connectivity index (χ0) is 14.7. The number of anilines is 1. The number of nitrogens with two attached hydrogens (primary N) is 1. The van der Waals surface area contributed by atoms with E-state index in [4.69, 9.17) is 5.73 Å². The van der Waals surface area contributed by atoms with E-state index in [1.807, 2.05) is 49.4 Å². The molecule has 0 fully saturated rings. The van der Waals surface area contributed by atoms with Gasteiger partial charge in [-0.2, -0.15) is 0 Å². The Morgan fingerprint density at radius 1 is 1.15 bits per heavy atom. The average Bonchev–Trinajstić information content (AvgIpc) is 2.41. The van der Waals surface area contributed by atoms with Crippen LogP contribution >= 0.6 is 31.9 Å². The van der Waals surface area contributed by atoms with E-state index in [0.29, 0.717) is 0 Å². The fourth-order valence-electron chi connectivity index (χ4n) is 1.84. The SMILES string of the molecule is Cc1ccc(C(Nc2ccccc2Br)C(N)=O)cc1Br. The van der Waals surface area contributed by atoms with Crippen molar-refractivity contribution >= 4 is 43.5 Å². The quantitative estimate of drug-likeness (QED) is 0.813. The summed E-state index contributed by atoms with van der Waals surface area (Å²) in [5, 5.41) is 3.17. The number of aryl methyl sites for hydroxylation is 1. The summed E-state index contributed by atoms with van der Waals surface area (Å²) >= 11 is 6.92. The summed E-state index contributed by atoms with van der Waals surface area (Å²) in [4.78, 5) is 11.7. The Morgan fingerprint density at radius 2 is 1.85 bits per heavy atom. The fourth-order valence-corrected chi connectivity index (χ4v) is 2.64. The molecule has 1 unspecified atom stereocenters. The van der Waals surface area contributed by atoms with E-state index in [0.717, 1.165) is 25.8 Å². The number of carbonyl (C=O) groups excluding carboxylic acids is 1. The maximum atomic E-state index is 11.7. The summed E-state index contributed by atoms with van der Waals surface area (Å²) in [5.74, 6) is -0.420. The minimum atomic E-state index is -0.578. The highest BCUT2D eigenvalue weighted by Gasteiger charge is 2.19. The van der Waals surface area contributed by atoms with Crippen LogP contribution in [0.2, 0.25) is 0 Å². The van der Waals surface area contributed by atoms with Crippen molar-refractivity contribution < 1.29 is 4.79 Å². The molecule has 0 spiro atoms. The number of primary amides is 1. The van der Waals surface area contributed by atoms with E-state index in [-0.39, 0.29) is 0 Å². The smallest absolute Gasteiger partial charge is 0.244 e. The molecular weight excluding hydrogens is 384 g/mol. The van der Waals surface area contributed by atoms with Gasteiger partial charge in [0.25, 0.3) is 0 Å². The molecule has 0 aliphatic rings. The van der Waals surface area contributed by atoms with E-state index >= 15 is 0 Å². The Kier molecular flexibility index (Phi) is 4.83. The third kappa shape index (κ3) is 3.41. The maximum Gasteiger partial charge on any atom is 0.244 e. The van der Waals surface area contributed by atoms with E-state index in [1.54, 1.807) is 0 Å². The lowest BCUT2D eigenvalue weighted by Crippen LogP contribution is -2.27. The Balaban J connectivity index is 2.34. The lowest BCUT2D eigenvalue weighted by atomic mass is 10.0. The molecule has 3 N–H and O–H groups in total. The van der Waals surface area contributed by atoms with Crippen molar-refractivity contribution in [1.29, 1.82) is 0 Å². The molecule has 0 aromatic heterocycles. The molecule has 0 radical (unpaired) electrons. The molecule has 1 amide bonds. The molecule has 2 rings (SSSR count). The number of benzene rings is 2. The first-order chi connectivity index (χ1) is 9.49. The van der Waals surface area contributed by atoms with Crippen LogP contribution in [0.15, 0.2) is 51.4 Å². The molecular formula is C15H14Br2N2O. The van der Waals surface area contributed by atoms with Crippen molar-refractivity contribution in [3.05, 3.63) is 62.5 Å². The van der Waals surface area contributed by atoms with E-state index in [9.17, 15) is 4.79 Å². The van der Waals surface area contributed by atoms with Gasteiger partial charge in [0, 0.05) is 14.6 Å². The molecule has 5 heteroatoms. The Labute approximate surface area is 134 Å². The third-order valence-corrected chi connectivity index (χ3v) is 4.53. The van der Waals surface area contributed by atoms with Crippen molar-refractivity contribution in [2.45, 2.75) is 13.0 Å². The van der Waals surface area contributed by atoms with Gasteiger partial charge in [-0.1, -0.05) is 40.2 Å². The predicted octanol–water partition coefficient (Wildman–Crippen LogP) is 4.16. The molecule has 2 aromatic rings. The molecule has 0 heterocycles. The number of amides is 1. The Bertz CT molecular complexity index is 644. The largest absolute Gasteiger partial charge is 0.369 e. The molecule has 0 aliphatic heterocycles. The van der Waals surface area contributed by atoms with Crippen LogP contribution < -0.4 is 11.1 Å². The van der Waals surface area contributed by atoms with Crippen LogP contribution in [0.25, 0.3) is 0 Å². The third-order valence-electron chi connectivity index (χ3n) is 2.99. The molecule has 3 nitrogen and oxygen atoms in total. The monoisotopic (exact) mass is 396 g/mol. The van der Waals surface area contributed by atoms with Gasteiger partial charge in [0.05, 0.1) is 0 Å². The van der Waals surface area contributed by atoms with Gasteiger partial charge in [-0.25, -0.2) is 0 Å². The molecule has 0 saturated carbocycles. The second kappa shape index (κ2) is 6.41. The predicted molar refractivity (Wildman–Crippen MR) is 88.6 cm³/mol. The lowest BCUT2D eigenvalue weighted by molar-refractivity contribution is -0.118. The van der Waals surface area contributed by atoms with E-state index in [2.05, 4.69) is 37.2 Å². The number of hydrogen-bond acceptors (Lipinski definition) is 2. The average molecular weight is 398 g/mol. The lowest BCUT2D eigenvalue weighted by Gasteiger charge is -2.18. The standard InChI is InChI=1S/C15H14Br2N2O/c1-9-6-7-10(8-12(9)17)14(15(18)20)19-13-5-3-2-4-11(13)16/h2-8,14,19H,1H3,(H2,18,20). The molecule has 1 atom stereocenters. The Morgan fingerprint density at radius 3 is 2.45 bits per heavy atom. The number of para-hydroxylation sites is 1. The number of hydrogen-bond donors (Lipinski definition) is 2. The van der Waals surface area contributed by atoms with E-state index < -0.39 is 11.9 Å². The zero-order valence-electron chi connectivity index (χ0n) is 10.9. The highest BCUT2D eigenvalue weighted by atomic mass is 79.9. The molecule has 0 bridgehead atoms. The van der Waals surface area contributed by atoms with Gasteiger partial charge in [-0.05, 0) is 52.2 Å². The minimum absolute atomic E-state index is 0.420. The van der Waals surface area contributed by atoms with Gasteiger partial charge in [-0.3, -0.25) is 4.79 Å². The zero-order valence-corrected chi connectivity index (χ0v) is 14.0. The van der Waals surface area contributed by atoms with Crippen LogP contribution in [0.5, 0.6) is 0 Å². The number of carbonyl (C=O) groups is 1. The number of nitrogens with one attached hydrogen (secondary N) is 1. The van der Waals surface area contributed by atoms with Gasteiger partial charge in [0.15, 0.2) is 0 Å². The van der Waals surface area contributed by atoms with Gasteiger partial charge < -0.3 is 11.1 Å². The number of halogens is 2. The van der Waals surface area contributed by atoms with Crippen LogP contribution in [-0.4, -0.2) is 5.91 Å². The summed E-state index contributed by atoms with van der Waals surface area (Å²) in [6, 6.07) is 12.8. The summed E-state index contributed by atoms with van der Waals surface area (Å²) in [6.45, 7) is 1.99. The summed E-state index contributed by atoms with van der Waals surface area (Å²) in [5.41, 5.74) is 8.28. The van der Waals surface area contributed by atoms with Gasteiger partial charge >= 0.3 is 0 Å². The Hall–Kier alpha value is -1.33. The summed E-state index contributed by atoms with van der Waals surface area (Å²) < 4.78 is 1.84. The van der Waals surface area contributed by atoms with Crippen LogP contribution in [0.3, 0.4) is 0 Å². The highest BCUT2D eigenvalue weighted by Crippen LogP contribution is 2.28. The van der Waals surface area contributed by atoms with Crippen molar-refractivity contribution in [2.24, 2.45) is 5.73 Å². The normalized spacial score (nSPS) is 11.9. The highest BCUT2D eigenvalue weighted by molar-refractivity contribution is 9.10. The van der Waals surface area contributed by atoms with Crippen LogP contribution in [0.4, 0.5) is 5.69 Å². The van der Waals surface area contributed by atoms with Gasteiger partial charge in [0.1, 0.15) is 6.04 Å². The minimum Gasteiger partial charge on any atom is -0.369 e. The summed E-state index contributed by atoms with van der Waals surface area (Å²) in [7, 11) is 0. The second-order valence-electron chi connectivity index (χ2n) is 4.47. The maximum absolute atomic E-state index is 11.7. The molecule has 104 valence electrons. The molecule has 20 heavy (non-hydrogen) atoms. The summed E-state index contributed by atoms with van der Waals surface area (Å²) in [6.07, 6.45) is 0.